The van der Waals surface area contributed by atoms with Crippen LogP contribution in [0.4, 0.5) is 0 Å². The third-order valence-electron chi connectivity index (χ3n) is 3.61. The third-order valence-corrected chi connectivity index (χ3v) is 4.30. The topological polar surface area (TPSA) is 41.1 Å². The van der Waals surface area contributed by atoms with E-state index in [0.29, 0.717) is 0 Å². The molecular formula is C16H15BrN2O. The number of hydrogen-bond acceptors (Lipinski definition) is 2. The normalized spacial score (nSPS) is 19.6. The number of amides is 1. The first kappa shape index (κ1) is 13.3. The molecule has 0 radical (unpaired) electrons. The number of hydrogen-bond donors (Lipinski definition) is 2. The summed E-state index contributed by atoms with van der Waals surface area (Å²) in [7, 11) is 0. The summed E-state index contributed by atoms with van der Waals surface area (Å²) >= 11 is 3.59. The van der Waals surface area contributed by atoms with Crippen LogP contribution in [0.3, 0.4) is 0 Å². The lowest BCUT2D eigenvalue weighted by Gasteiger charge is -2.17. The fourth-order valence-corrected chi connectivity index (χ4v) is 2.90. The Bertz CT molecular complexity index is 734. The van der Waals surface area contributed by atoms with Crippen molar-refractivity contribution in [1.29, 1.82) is 0 Å². The molecule has 0 bridgehead atoms. The second-order valence-electron chi connectivity index (χ2n) is 5.44. The molecule has 0 aliphatic carbocycles. The molecule has 102 valence electrons. The summed E-state index contributed by atoms with van der Waals surface area (Å²) in [4.78, 5) is 12.0. The Morgan fingerprint density at radius 1 is 1.15 bits per heavy atom. The molecule has 3 nitrogen and oxygen atoms in total. The lowest BCUT2D eigenvalue weighted by molar-refractivity contribution is -0.116. The van der Waals surface area contributed by atoms with Crippen molar-refractivity contribution >= 4 is 38.7 Å². The summed E-state index contributed by atoms with van der Waals surface area (Å²) in [6.07, 6.45) is 1.96. The van der Waals surface area contributed by atoms with Gasteiger partial charge in [0.15, 0.2) is 0 Å². The first-order valence-corrected chi connectivity index (χ1v) is 7.25. The van der Waals surface area contributed by atoms with Crippen LogP contribution in [0, 0.1) is 0 Å². The summed E-state index contributed by atoms with van der Waals surface area (Å²) in [5.74, 6) is -0.0742. The molecule has 1 fully saturated rings. The Balaban J connectivity index is 2.25. The van der Waals surface area contributed by atoms with Crippen molar-refractivity contribution in [3.05, 3.63) is 52.0 Å². The van der Waals surface area contributed by atoms with Gasteiger partial charge in [-0.15, -0.1) is 0 Å². The molecule has 4 heteroatoms. The maximum Gasteiger partial charge on any atom is 0.263 e. The Morgan fingerprint density at radius 3 is 2.60 bits per heavy atom. The van der Waals surface area contributed by atoms with Crippen LogP contribution in [-0.4, -0.2) is 11.4 Å². The van der Waals surface area contributed by atoms with E-state index in [9.17, 15) is 4.79 Å². The quantitative estimate of drug-likeness (QED) is 0.787. The summed E-state index contributed by atoms with van der Waals surface area (Å²) in [5, 5.41) is 2.29. The van der Waals surface area contributed by atoms with Crippen LogP contribution in [0.15, 0.2) is 46.4 Å². The largest absolute Gasteiger partial charge is 0.287 e. The van der Waals surface area contributed by atoms with Crippen LogP contribution in [0.25, 0.3) is 16.8 Å². The second-order valence-corrected chi connectivity index (χ2v) is 6.30. The second kappa shape index (κ2) is 4.72. The minimum atomic E-state index is -0.381. The lowest BCUT2D eigenvalue weighted by atomic mass is 9.92. The monoisotopic (exact) mass is 330 g/mol. The highest BCUT2D eigenvalue weighted by atomic mass is 79.9. The average molecular weight is 331 g/mol. The number of halogens is 1. The molecule has 2 aromatic carbocycles. The summed E-state index contributed by atoms with van der Waals surface area (Å²) in [6.45, 7) is 3.96. The minimum absolute atomic E-state index is 0.0742. The maximum absolute atomic E-state index is 12.0. The van der Waals surface area contributed by atoms with Gasteiger partial charge in [0.2, 0.25) is 0 Å². The van der Waals surface area contributed by atoms with Crippen LogP contribution in [0.1, 0.15) is 19.4 Å². The van der Waals surface area contributed by atoms with Gasteiger partial charge < -0.3 is 0 Å². The summed E-state index contributed by atoms with van der Waals surface area (Å²) in [6, 6.07) is 12.2. The lowest BCUT2D eigenvalue weighted by Crippen LogP contribution is -2.38. The van der Waals surface area contributed by atoms with Gasteiger partial charge in [0, 0.05) is 10.0 Å². The van der Waals surface area contributed by atoms with E-state index < -0.39 is 0 Å². The van der Waals surface area contributed by atoms with Crippen molar-refractivity contribution in [3.63, 3.8) is 0 Å². The number of hydrazine groups is 1. The molecule has 1 heterocycles. The standard InChI is InChI=1S/C16H15BrN2O/c1-16(2)13(15(20)18-19-16)9-12-11-6-4-3-5-10(11)7-8-14(12)17/h3-9,19H,1-2H3,(H,18,20)/b13-9+. The molecule has 0 aromatic heterocycles. The molecule has 0 spiro atoms. The number of rotatable bonds is 1. The molecule has 2 aromatic rings. The minimum Gasteiger partial charge on any atom is -0.287 e. The van der Waals surface area contributed by atoms with Gasteiger partial charge >= 0.3 is 0 Å². The fourth-order valence-electron chi connectivity index (χ4n) is 2.44. The number of fused-ring (bicyclic) bond motifs is 1. The van der Waals surface area contributed by atoms with Gasteiger partial charge in [-0.3, -0.25) is 10.2 Å². The third kappa shape index (κ3) is 2.15. The Hall–Kier alpha value is -1.65. The van der Waals surface area contributed by atoms with Crippen molar-refractivity contribution in [3.8, 4) is 0 Å². The van der Waals surface area contributed by atoms with Crippen LogP contribution in [-0.2, 0) is 4.79 Å². The zero-order valence-corrected chi connectivity index (χ0v) is 12.9. The van der Waals surface area contributed by atoms with Crippen molar-refractivity contribution < 1.29 is 4.79 Å². The molecule has 1 aliphatic rings. The zero-order chi connectivity index (χ0) is 14.3. The molecule has 3 rings (SSSR count). The van der Waals surface area contributed by atoms with E-state index in [1.165, 1.54) is 0 Å². The number of benzene rings is 2. The van der Waals surface area contributed by atoms with Gasteiger partial charge in [0.1, 0.15) is 0 Å². The van der Waals surface area contributed by atoms with Gasteiger partial charge in [0.05, 0.1) is 5.54 Å². The highest BCUT2D eigenvalue weighted by Gasteiger charge is 2.35. The van der Waals surface area contributed by atoms with E-state index in [1.807, 2.05) is 38.1 Å². The summed E-state index contributed by atoms with van der Waals surface area (Å²) in [5.41, 5.74) is 7.06. The van der Waals surface area contributed by atoms with E-state index >= 15 is 0 Å². The molecular weight excluding hydrogens is 316 g/mol. The fraction of sp³-hybridized carbons (Fsp3) is 0.188. The van der Waals surface area contributed by atoms with Crippen LogP contribution >= 0.6 is 15.9 Å². The molecule has 1 aliphatic heterocycles. The summed E-state index contributed by atoms with van der Waals surface area (Å²) < 4.78 is 0.985. The zero-order valence-electron chi connectivity index (χ0n) is 11.3. The molecule has 1 saturated heterocycles. The van der Waals surface area contributed by atoms with E-state index in [0.717, 1.165) is 26.4 Å². The highest BCUT2D eigenvalue weighted by Crippen LogP contribution is 2.31. The van der Waals surface area contributed by atoms with Gasteiger partial charge in [0.25, 0.3) is 5.91 Å². The van der Waals surface area contributed by atoms with E-state index in [-0.39, 0.29) is 11.4 Å². The van der Waals surface area contributed by atoms with E-state index in [2.05, 4.69) is 45.0 Å². The van der Waals surface area contributed by atoms with Gasteiger partial charge in [-0.2, -0.15) is 0 Å². The van der Waals surface area contributed by atoms with Gasteiger partial charge in [-0.1, -0.05) is 46.3 Å². The molecule has 20 heavy (non-hydrogen) atoms. The molecule has 1 amide bonds. The number of carbonyl (C=O) groups excluding carboxylic acids is 1. The predicted molar refractivity (Wildman–Crippen MR) is 85.0 cm³/mol. The highest BCUT2D eigenvalue weighted by molar-refractivity contribution is 9.10. The van der Waals surface area contributed by atoms with Crippen molar-refractivity contribution in [2.45, 2.75) is 19.4 Å². The van der Waals surface area contributed by atoms with E-state index in [1.54, 1.807) is 0 Å². The molecule has 0 unspecified atom stereocenters. The average Bonchev–Trinajstić information content (AvgIpc) is 2.68. The first-order valence-electron chi connectivity index (χ1n) is 6.46. The molecule has 0 saturated carbocycles. The molecule has 2 N–H and O–H groups in total. The van der Waals surface area contributed by atoms with E-state index in [4.69, 9.17) is 0 Å². The smallest absolute Gasteiger partial charge is 0.263 e. The predicted octanol–water partition coefficient (Wildman–Crippen LogP) is 3.40. The van der Waals surface area contributed by atoms with Crippen LogP contribution in [0.2, 0.25) is 0 Å². The Kier molecular flexibility index (Phi) is 3.15. The maximum atomic E-state index is 12.0. The van der Waals surface area contributed by atoms with Crippen molar-refractivity contribution in [2.75, 3.05) is 0 Å². The van der Waals surface area contributed by atoms with Crippen molar-refractivity contribution in [1.82, 2.24) is 10.9 Å². The number of carbonyl (C=O) groups is 1. The van der Waals surface area contributed by atoms with Gasteiger partial charge in [-0.05, 0) is 42.3 Å². The SMILES string of the molecule is CC1(C)NNC(=O)/C1=C\c1c(Br)ccc2ccccc12. The van der Waals surface area contributed by atoms with Crippen LogP contribution < -0.4 is 10.9 Å². The van der Waals surface area contributed by atoms with Gasteiger partial charge in [-0.25, -0.2) is 5.43 Å². The van der Waals surface area contributed by atoms with Crippen LogP contribution in [0.5, 0.6) is 0 Å². The Labute approximate surface area is 126 Å². The Morgan fingerprint density at radius 2 is 1.90 bits per heavy atom. The number of nitrogens with one attached hydrogen (secondary N) is 2. The molecule has 0 atom stereocenters. The van der Waals surface area contributed by atoms with Crippen molar-refractivity contribution in [2.24, 2.45) is 0 Å². The first-order chi connectivity index (χ1) is 9.49.